The maximum Gasteiger partial charge on any atom is 0.260 e. The molecule has 30 heavy (non-hydrogen) atoms. The van der Waals surface area contributed by atoms with Gasteiger partial charge in [0.05, 0.1) is 30.0 Å². The fourth-order valence-corrected chi connectivity index (χ4v) is 4.63. The van der Waals surface area contributed by atoms with Crippen LogP contribution in [0.1, 0.15) is 17.3 Å². The van der Waals surface area contributed by atoms with Gasteiger partial charge in [-0.25, -0.2) is 4.98 Å². The molecule has 1 amide bonds. The zero-order valence-corrected chi connectivity index (χ0v) is 18.4. The van der Waals surface area contributed by atoms with E-state index in [1.54, 1.807) is 17.0 Å². The lowest BCUT2D eigenvalue weighted by Crippen LogP contribution is -2.43. The summed E-state index contributed by atoms with van der Waals surface area (Å²) in [6, 6.07) is 12.9. The second-order valence-corrected chi connectivity index (χ2v) is 8.42. The molecule has 0 aliphatic carbocycles. The van der Waals surface area contributed by atoms with Crippen LogP contribution in [0.25, 0.3) is 10.2 Å². The molecule has 4 rings (SSSR count). The first-order chi connectivity index (χ1) is 14.6. The molecule has 1 saturated heterocycles. The number of carbonyl (C=O) groups is 1. The molecular weight excluding hydrogens is 422 g/mol. The number of fused-ring (bicyclic) bond motifs is 1. The summed E-state index contributed by atoms with van der Waals surface area (Å²) in [7, 11) is 0. The Morgan fingerprint density at radius 3 is 2.73 bits per heavy atom. The third-order valence-corrected chi connectivity index (χ3v) is 6.25. The minimum absolute atomic E-state index is 0.0727. The van der Waals surface area contributed by atoms with Crippen LogP contribution in [-0.4, -0.2) is 61.8 Å². The summed E-state index contributed by atoms with van der Waals surface area (Å²) in [5.74, 6) is 0.681. The van der Waals surface area contributed by atoms with Gasteiger partial charge in [-0.2, -0.15) is 0 Å². The van der Waals surface area contributed by atoms with Gasteiger partial charge in [0.15, 0.2) is 5.13 Å². The molecule has 158 valence electrons. The highest BCUT2D eigenvalue weighted by Crippen LogP contribution is 2.31. The van der Waals surface area contributed by atoms with E-state index >= 15 is 0 Å². The Morgan fingerprint density at radius 1 is 1.23 bits per heavy atom. The van der Waals surface area contributed by atoms with Gasteiger partial charge in [0.1, 0.15) is 5.75 Å². The van der Waals surface area contributed by atoms with Gasteiger partial charge in [0.2, 0.25) is 0 Å². The topological polar surface area (TPSA) is 54.9 Å². The summed E-state index contributed by atoms with van der Waals surface area (Å²) in [5.41, 5.74) is 1.45. The van der Waals surface area contributed by atoms with E-state index in [2.05, 4.69) is 4.90 Å². The Morgan fingerprint density at radius 2 is 2.00 bits per heavy atom. The van der Waals surface area contributed by atoms with Crippen LogP contribution in [0.4, 0.5) is 5.13 Å². The van der Waals surface area contributed by atoms with Crippen LogP contribution in [0.5, 0.6) is 5.75 Å². The van der Waals surface area contributed by atoms with Crippen molar-refractivity contribution in [3.63, 3.8) is 0 Å². The second-order valence-electron chi connectivity index (χ2n) is 6.98. The molecule has 0 atom stereocenters. The number of aromatic nitrogens is 1. The van der Waals surface area contributed by atoms with Gasteiger partial charge in [0.25, 0.3) is 5.91 Å². The van der Waals surface area contributed by atoms with Crippen molar-refractivity contribution in [3.8, 4) is 5.75 Å². The van der Waals surface area contributed by atoms with Crippen molar-refractivity contribution in [2.75, 3.05) is 50.9 Å². The summed E-state index contributed by atoms with van der Waals surface area (Å²) >= 11 is 7.62. The van der Waals surface area contributed by atoms with E-state index in [9.17, 15) is 4.79 Å². The van der Waals surface area contributed by atoms with Crippen LogP contribution in [0.3, 0.4) is 0 Å². The lowest BCUT2D eigenvalue weighted by Gasteiger charge is -2.29. The molecule has 1 aromatic heterocycles. The molecule has 2 aromatic carbocycles. The molecule has 1 fully saturated rings. The van der Waals surface area contributed by atoms with E-state index < -0.39 is 0 Å². The van der Waals surface area contributed by atoms with E-state index in [1.807, 2.05) is 37.3 Å². The number of thiazole rings is 1. The molecule has 0 saturated carbocycles. The van der Waals surface area contributed by atoms with Gasteiger partial charge in [-0.1, -0.05) is 22.9 Å². The standard InChI is InChI=1S/C22H24ClN3O3S/c1-2-29-18-6-3-16(4-7-18)21(27)26(10-9-25-11-13-28-14-12-25)22-24-19-8-5-17(23)15-20(19)30-22/h3-8,15H,2,9-14H2,1H3. The zero-order valence-electron chi connectivity index (χ0n) is 16.8. The van der Waals surface area contributed by atoms with Gasteiger partial charge in [0, 0.05) is 36.8 Å². The summed E-state index contributed by atoms with van der Waals surface area (Å²) < 4.78 is 11.9. The monoisotopic (exact) mass is 445 g/mol. The van der Waals surface area contributed by atoms with Crippen LogP contribution in [0.15, 0.2) is 42.5 Å². The second kappa shape index (κ2) is 9.75. The van der Waals surface area contributed by atoms with E-state index in [0.717, 1.165) is 48.8 Å². The van der Waals surface area contributed by atoms with Gasteiger partial charge in [-0.05, 0) is 49.4 Å². The van der Waals surface area contributed by atoms with Crippen molar-refractivity contribution in [2.45, 2.75) is 6.92 Å². The molecule has 1 aliphatic rings. The fourth-order valence-electron chi connectivity index (χ4n) is 3.37. The highest BCUT2D eigenvalue weighted by molar-refractivity contribution is 7.22. The van der Waals surface area contributed by atoms with Crippen molar-refractivity contribution < 1.29 is 14.3 Å². The van der Waals surface area contributed by atoms with E-state index in [4.69, 9.17) is 26.1 Å². The number of amides is 1. The molecule has 3 aromatic rings. The Hall–Kier alpha value is -2.19. The SMILES string of the molecule is CCOc1ccc(C(=O)N(CCN2CCOCC2)c2nc3ccc(Cl)cc3s2)cc1. The summed E-state index contributed by atoms with van der Waals surface area (Å²) in [6.07, 6.45) is 0. The number of halogens is 1. The molecule has 8 heteroatoms. The highest BCUT2D eigenvalue weighted by Gasteiger charge is 2.23. The summed E-state index contributed by atoms with van der Waals surface area (Å²) in [6.45, 7) is 7.06. The molecule has 0 unspecified atom stereocenters. The lowest BCUT2D eigenvalue weighted by atomic mass is 10.2. The Balaban J connectivity index is 1.60. The van der Waals surface area contributed by atoms with E-state index in [-0.39, 0.29) is 5.91 Å². The molecular formula is C22H24ClN3O3S. The van der Waals surface area contributed by atoms with Crippen LogP contribution in [0.2, 0.25) is 5.02 Å². The average Bonchev–Trinajstić information content (AvgIpc) is 3.18. The van der Waals surface area contributed by atoms with Gasteiger partial charge in [-0.15, -0.1) is 0 Å². The number of hydrogen-bond donors (Lipinski definition) is 0. The molecule has 0 N–H and O–H groups in total. The lowest BCUT2D eigenvalue weighted by molar-refractivity contribution is 0.0391. The number of anilines is 1. The quantitative estimate of drug-likeness (QED) is 0.542. The number of rotatable bonds is 7. The maximum atomic E-state index is 13.4. The maximum absolute atomic E-state index is 13.4. The zero-order chi connectivity index (χ0) is 20.9. The molecule has 6 nitrogen and oxygen atoms in total. The predicted molar refractivity (Wildman–Crippen MR) is 121 cm³/mol. The third kappa shape index (κ3) is 4.92. The molecule has 1 aliphatic heterocycles. The van der Waals surface area contributed by atoms with Crippen molar-refractivity contribution in [1.82, 2.24) is 9.88 Å². The van der Waals surface area contributed by atoms with Crippen molar-refractivity contribution in [2.24, 2.45) is 0 Å². The van der Waals surface area contributed by atoms with Crippen molar-refractivity contribution >= 4 is 44.2 Å². The minimum atomic E-state index is -0.0727. The normalized spacial score (nSPS) is 14.7. The van der Waals surface area contributed by atoms with Crippen LogP contribution < -0.4 is 9.64 Å². The molecule has 0 bridgehead atoms. The van der Waals surface area contributed by atoms with Crippen LogP contribution in [0, 0.1) is 0 Å². The number of ether oxygens (including phenoxy) is 2. The van der Waals surface area contributed by atoms with Gasteiger partial charge < -0.3 is 9.47 Å². The van der Waals surface area contributed by atoms with Gasteiger partial charge >= 0.3 is 0 Å². The molecule has 0 radical (unpaired) electrons. The fraction of sp³-hybridized carbons (Fsp3) is 0.364. The predicted octanol–water partition coefficient (Wildman–Crippen LogP) is 4.33. The van der Waals surface area contributed by atoms with Crippen LogP contribution in [-0.2, 0) is 4.74 Å². The van der Waals surface area contributed by atoms with E-state index in [1.165, 1.54) is 11.3 Å². The third-order valence-electron chi connectivity index (χ3n) is 4.97. The Bertz CT molecular complexity index is 1000. The number of nitrogens with zero attached hydrogens (tertiary/aromatic N) is 3. The number of benzene rings is 2. The largest absolute Gasteiger partial charge is 0.494 e. The van der Waals surface area contributed by atoms with Crippen molar-refractivity contribution in [3.05, 3.63) is 53.1 Å². The molecule has 0 spiro atoms. The first-order valence-corrected chi connectivity index (χ1v) is 11.2. The highest BCUT2D eigenvalue weighted by atomic mass is 35.5. The van der Waals surface area contributed by atoms with Gasteiger partial charge in [-0.3, -0.25) is 14.6 Å². The number of carbonyl (C=O) groups excluding carboxylic acids is 1. The Labute approximate surface area is 185 Å². The minimum Gasteiger partial charge on any atom is -0.494 e. The smallest absolute Gasteiger partial charge is 0.260 e. The molecule has 2 heterocycles. The van der Waals surface area contributed by atoms with Crippen molar-refractivity contribution in [1.29, 1.82) is 0 Å². The number of hydrogen-bond acceptors (Lipinski definition) is 6. The summed E-state index contributed by atoms with van der Waals surface area (Å²) in [4.78, 5) is 22.2. The average molecular weight is 446 g/mol. The van der Waals surface area contributed by atoms with E-state index in [0.29, 0.717) is 28.9 Å². The van der Waals surface area contributed by atoms with Crippen LogP contribution >= 0.6 is 22.9 Å². The first-order valence-electron chi connectivity index (χ1n) is 10.0. The number of morpholine rings is 1. The Kier molecular flexibility index (Phi) is 6.84. The summed E-state index contributed by atoms with van der Waals surface area (Å²) in [5, 5.41) is 1.34. The first kappa shape index (κ1) is 21.1.